The zero-order valence-electron chi connectivity index (χ0n) is 8.62. The summed E-state index contributed by atoms with van der Waals surface area (Å²) in [5.74, 6) is 0.359. The predicted octanol–water partition coefficient (Wildman–Crippen LogP) is -0.388. The summed E-state index contributed by atoms with van der Waals surface area (Å²) in [4.78, 5) is 16.4. The molecule has 2 aliphatic heterocycles. The van der Waals surface area contributed by atoms with Crippen LogP contribution in [0.25, 0.3) is 0 Å². The van der Waals surface area contributed by atoms with Crippen LogP contribution < -0.4 is 5.32 Å². The number of nitrogens with zero attached hydrogens (tertiary/aromatic N) is 2. The van der Waals surface area contributed by atoms with Crippen LogP contribution in [0, 0.1) is 0 Å². The maximum atomic E-state index is 12.0. The minimum absolute atomic E-state index is 0.110. The van der Waals surface area contributed by atoms with Crippen molar-refractivity contribution >= 4 is 5.91 Å². The quantitative estimate of drug-likeness (QED) is 0.619. The molecular formula is C10H17N3O. The number of rotatable bonds is 1. The van der Waals surface area contributed by atoms with Crippen LogP contribution in [0.2, 0.25) is 0 Å². The third-order valence-corrected chi connectivity index (χ3v) is 3.82. The molecule has 0 aromatic carbocycles. The molecule has 4 nitrogen and oxygen atoms in total. The van der Waals surface area contributed by atoms with Gasteiger partial charge in [-0.25, -0.2) is 0 Å². The van der Waals surface area contributed by atoms with E-state index in [1.807, 2.05) is 0 Å². The number of carbonyl (C=O) groups is 1. The van der Waals surface area contributed by atoms with Gasteiger partial charge in [0.1, 0.15) is 0 Å². The van der Waals surface area contributed by atoms with Crippen LogP contribution in [-0.2, 0) is 4.79 Å². The van der Waals surface area contributed by atoms with Gasteiger partial charge in [-0.15, -0.1) is 0 Å². The fraction of sp³-hybridized carbons (Fsp3) is 0.900. The number of likely N-dealkylation sites (N-methyl/N-ethyl adjacent to an activating group) is 1. The van der Waals surface area contributed by atoms with E-state index in [1.165, 1.54) is 0 Å². The molecule has 2 saturated heterocycles. The van der Waals surface area contributed by atoms with E-state index in [1.54, 1.807) is 0 Å². The van der Waals surface area contributed by atoms with Crippen LogP contribution in [0.5, 0.6) is 0 Å². The van der Waals surface area contributed by atoms with Crippen molar-refractivity contribution in [2.24, 2.45) is 0 Å². The molecule has 1 saturated carbocycles. The second-order valence-electron chi connectivity index (χ2n) is 4.90. The van der Waals surface area contributed by atoms with Crippen molar-refractivity contribution < 1.29 is 4.79 Å². The Bertz CT molecular complexity index is 275. The minimum atomic E-state index is -0.110. The molecule has 1 amide bonds. The molecule has 3 aliphatic rings. The first kappa shape index (κ1) is 8.68. The highest BCUT2D eigenvalue weighted by Crippen LogP contribution is 2.41. The fourth-order valence-corrected chi connectivity index (χ4v) is 2.64. The zero-order valence-corrected chi connectivity index (χ0v) is 8.62. The summed E-state index contributed by atoms with van der Waals surface area (Å²) in [7, 11) is 2.13. The average molecular weight is 195 g/mol. The summed E-state index contributed by atoms with van der Waals surface area (Å²) >= 11 is 0. The van der Waals surface area contributed by atoms with Crippen molar-refractivity contribution in [2.75, 3.05) is 26.8 Å². The molecular weight excluding hydrogens is 178 g/mol. The zero-order chi connectivity index (χ0) is 9.76. The van der Waals surface area contributed by atoms with Gasteiger partial charge in [0.15, 0.2) is 0 Å². The van der Waals surface area contributed by atoms with Gasteiger partial charge in [0.2, 0.25) is 5.91 Å². The minimum Gasteiger partial charge on any atom is -0.324 e. The van der Waals surface area contributed by atoms with Gasteiger partial charge >= 0.3 is 0 Å². The highest BCUT2D eigenvalue weighted by Gasteiger charge is 2.56. The van der Waals surface area contributed by atoms with E-state index in [9.17, 15) is 4.79 Å². The summed E-state index contributed by atoms with van der Waals surface area (Å²) in [6, 6.07) is 0.458. The average Bonchev–Trinajstić information content (AvgIpc) is 2.73. The molecule has 4 heteroatoms. The van der Waals surface area contributed by atoms with Gasteiger partial charge in [0.05, 0.1) is 12.2 Å². The highest BCUT2D eigenvalue weighted by atomic mass is 16.2. The van der Waals surface area contributed by atoms with E-state index in [0.717, 1.165) is 39.0 Å². The Morgan fingerprint density at radius 2 is 2.29 bits per heavy atom. The lowest BCUT2D eigenvalue weighted by molar-refractivity contribution is -0.131. The summed E-state index contributed by atoms with van der Waals surface area (Å²) in [5, 5.41) is 3.36. The molecule has 0 aromatic rings. The second kappa shape index (κ2) is 2.70. The molecule has 0 radical (unpaired) electrons. The van der Waals surface area contributed by atoms with E-state index in [-0.39, 0.29) is 5.54 Å². The molecule has 0 bridgehead atoms. The first-order valence-corrected chi connectivity index (χ1v) is 5.46. The van der Waals surface area contributed by atoms with E-state index in [2.05, 4.69) is 22.2 Å². The molecule has 1 atom stereocenters. The van der Waals surface area contributed by atoms with Crippen LogP contribution in [0.15, 0.2) is 0 Å². The van der Waals surface area contributed by atoms with Crippen molar-refractivity contribution in [2.45, 2.75) is 30.8 Å². The monoisotopic (exact) mass is 195 g/mol. The van der Waals surface area contributed by atoms with Crippen molar-refractivity contribution in [1.29, 1.82) is 0 Å². The Hall–Kier alpha value is -0.610. The Morgan fingerprint density at radius 1 is 1.50 bits per heavy atom. The molecule has 3 rings (SSSR count). The lowest BCUT2D eigenvalue weighted by Gasteiger charge is -2.23. The maximum absolute atomic E-state index is 12.0. The van der Waals surface area contributed by atoms with Gasteiger partial charge < -0.3 is 9.80 Å². The molecule has 1 spiro atoms. The molecule has 14 heavy (non-hydrogen) atoms. The summed E-state index contributed by atoms with van der Waals surface area (Å²) in [6.45, 7) is 2.95. The SMILES string of the molecule is CN1CCC(N2CNC3(CC3)C2=O)C1. The Kier molecular flexibility index (Phi) is 1.67. The van der Waals surface area contributed by atoms with E-state index in [4.69, 9.17) is 0 Å². The topological polar surface area (TPSA) is 35.6 Å². The Balaban J connectivity index is 1.71. The van der Waals surface area contributed by atoms with Gasteiger partial charge in [-0.1, -0.05) is 0 Å². The number of nitrogens with one attached hydrogen (secondary N) is 1. The van der Waals surface area contributed by atoms with Crippen molar-refractivity contribution in [3.63, 3.8) is 0 Å². The van der Waals surface area contributed by atoms with Crippen molar-refractivity contribution in [3.8, 4) is 0 Å². The molecule has 0 aromatic heterocycles. The Labute approximate surface area is 84.2 Å². The van der Waals surface area contributed by atoms with Gasteiger partial charge in [-0.2, -0.15) is 0 Å². The van der Waals surface area contributed by atoms with Crippen LogP contribution >= 0.6 is 0 Å². The van der Waals surface area contributed by atoms with Crippen molar-refractivity contribution in [3.05, 3.63) is 0 Å². The molecule has 3 fully saturated rings. The summed E-state index contributed by atoms with van der Waals surface area (Å²) in [5.41, 5.74) is -0.110. The smallest absolute Gasteiger partial charge is 0.244 e. The van der Waals surface area contributed by atoms with Crippen LogP contribution in [-0.4, -0.2) is 54.1 Å². The number of likely N-dealkylation sites (tertiary alicyclic amines) is 1. The first-order chi connectivity index (χ1) is 6.71. The van der Waals surface area contributed by atoms with Crippen LogP contribution in [0.4, 0.5) is 0 Å². The largest absolute Gasteiger partial charge is 0.324 e. The van der Waals surface area contributed by atoms with Gasteiger partial charge in [-0.05, 0) is 32.9 Å². The van der Waals surface area contributed by atoms with Gasteiger partial charge in [0, 0.05) is 12.6 Å². The third-order valence-electron chi connectivity index (χ3n) is 3.82. The highest BCUT2D eigenvalue weighted by molar-refractivity contribution is 5.91. The van der Waals surface area contributed by atoms with E-state index in [0.29, 0.717) is 11.9 Å². The number of carbonyl (C=O) groups excluding carboxylic acids is 1. The maximum Gasteiger partial charge on any atom is 0.244 e. The molecule has 1 aliphatic carbocycles. The summed E-state index contributed by atoms with van der Waals surface area (Å²) in [6.07, 6.45) is 3.23. The molecule has 1 unspecified atom stereocenters. The summed E-state index contributed by atoms with van der Waals surface area (Å²) < 4.78 is 0. The van der Waals surface area contributed by atoms with Crippen molar-refractivity contribution in [1.82, 2.24) is 15.1 Å². The van der Waals surface area contributed by atoms with Gasteiger partial charge in [0.25, 0.3) is 0 Å². The number of hydrogen-bond donors (Lipinski definition) is 1. The lowest BCUT2D eigenvalue weighted by Crippen LogP contribution is -2.40. The fourth-order valence-electron chi connectivity index (χ4n) is 2.64. The second-order valence-corrected chi connectivity index (χ2v) is 4.90. The number of amides is 1. The number of hydrogen-bond acceptors (Lipinski definition) is 3. The van der Waals surface area contributed by atoms with Crippen LogP contribution in [0.3, 0.4) is 0 Å². The first-order valence-electron chi connectivity index (χ1n) is 5.46. The lowest BCUT2D eigenvalue weighted by atomic mass is 10.2. The molecule has 1 N–H and O–H groups in total. The molecule has 78 valence electrons. The molecule has 2 heterocycles. The van der Waals surface area contributed by atoms with Gasteiger partial charge in [-0.3, -0.25) is 10.1 Å². The van der Waals surface area contributed by atoms with Crippen LogP contribution in [0.1, 0.15) is 19.3 Å². The normalized spacial score (nSPS) is 35.9. The standard InChI is InChI=1S/C10H17N3O/c1-12-5-2-8(6-12)13-7-11-10(3-4-10)9(13)14/h8,11H,2-7H2,1H3. The predicted molar refractivity (Wildman–Crippen MR) is 52.7 cm³/mol. The third kappa shape index (κ3) is 1.10. The Morgan fingerprint density at radius 3 is 2.79 bits per heavy atom. The van der Waals surface area contributed by atoms with E-state index < -0.39 is 0 Å². The van der Waals surface area contributed by atoms with E-state index >= 15 is 0 Å².